The maximum Gasteiger partial charge on any atom is 0.128 e. The Morgan fingerprint density at radius 1 is 1.35 bits per heavy atom. The molecule has 1 aromatic rings. The molecule has 17 heavy (non-hydrogen) atoms. The van der Waals surface area contributed by atoms with E-state index in [0.29, 0.717) is 0 Å². The van der Waals surface area contributed by atoms with Crippen LogP contribution in [0.1, 0.15) is 45.7 Å². The first-order valence-corrected chi connectivity index (χ1v) is 6.84. The molecular formula is C14H21BrFN. The highest BCUT2D eigenvalue weighted by molar-refractivity contribution is 9.10. The van der Waals surface area contributed by atoms with Crippen molar-refractivity contribution in [1.29, 1.82) is 0 Å². The zero-order valence-electron chi connectivity index (χ0n) is 11.0. The van der Waals surface area contributed by atoms with Crippen molar-refractivity contribution >= 4 is 15.9 Å². The fourth-order valence-corrected chi connectivity index (χ4v) is 2.29. The lowest BCUT2D eigenvalue weighted by molar-refractivity contribution is 0.267. The Kier molecular flexibility index (Phi) is 5.14. The predicted octanol–water partition coefficient (Wildman–Crippen LogP) is 4.68. The third-order valence-electron chi connectivity index (χ3n) is 2.73. The van der Waals surface area contributed by atoms with Gasteiger partial charge < -0.3 is 5.32 Å². The molecule has 1 rings (SSSR count). The summed E-state index contributed by atoms with van der Waals surface area (Å²) in [7, 11) is 0. The second kappa shape index (κ2) is 5.96. The van der Waals surface area contributed by atoms with Gasteiger partial charge in [-0.3, -0.25) is 0 Å². The average molecular weight is 302 g/mol. The van der Waals surface area contributed by atoms with Gasteiger partial charge in [-0.15, -0.1) is 0 Å². The molecule has 0 spiro atoms. The van der Waals surface area contributed by atoms with E-state index in [1.165, 1.54) is 6.07 Å². The van der Waals surface area contributed by atoms with E-state index in [1.54, 1.807) is 6.07 Å². The molecule has 0 heterocycles. The van der Waals surface area contributed by atoms with Gasteiger partial charge in [0.2, 0.25) is 0 Å². The van der Waals surface area contributed by atoms with E-state index in [-0.39, 0.29) is 17.3 Å². The third kappa shape index (κ3) is 4.07. The zero-order valence-corrected chi connectivity index (χ0v) is 12.6. The molecule has 0 bridgehead atoms. The molecule has 0 saturated heterocycles. The van der Waals surface area contributed by atoms with Gasteiger partial charge in [0.05, 0.1) is 0 Å². The van der Waals surface area contributed by atoms with Crippen LogP contribution in [0.5, 0.6) is 0 Å². The summed E-state index contributed by atoms with van der Waals surface area (Å²) < 4.78 is 14.8. The van der Waals surface area contributed by atoms with Crippen LogP contribution in [-0.2, 0) is 0 Å². The monoisotopic (exact) mass is 301 g/mol. The SMILES string of the molecule is CCCNC(c1cc(Br)ccc1F)C(C)(C)C. The van der Waals surface area contributed by atoms with Gasteiger partial charge in [0.1, 0.15) is 5.82 Å². The van der Waals surface area contributed by atoms with Crippen LogP contribution in [-0.4, -0.2) is 6.54 Å². The Labute approximate surface area is 112 Å². The summed E-state index contributed by atoms with van der Waals surface area (Å²) >= 11 is 3.41. The molecule has 0 radical (unpaired) electrons. The van der Waals surface area contributed by atoms with Crippen molar-refractivity contribution in [1.82, 2.24) is 5.32 Å². The van der Waals surface area contributed by atoms with Crippen molar-refractivity contribution in [2.24, 2.45) is 5.41 Å². The van der Waals surface area contributed by atoms with Crippen LogP contribution in [0.15, 0.2) is 22.7 Å². The molecule has 0 aromatic heterocycles. The predicted molar refractivity (Wildman–Crippen MR) is 74.6 cm³/mol. The van der Waals surface area contributed by atoms with Gasteiger partial charge in [-0.25, -0.2) is 4.39 Å². The maximum absolute atomic E-state index is 13.9. The van der Waals surface area contributed by atoms with Crippen LogP contribution in [0.25, 0.3) is 0 Å². The molecule has 0 aliphatic rings. The Hall–Kier alpha value is -0.410. The molecule has 96 valence electrons. The number of rotatable bonds is 4. The van der Waals surface area contributed by atoms with Crippen molar-refractivity contribution in [2.45, 2.75) is 40.2 Å². The van der Waals surface area contributed by atoms with Crippen LogP contribution in [0.4, 0.5) is 4.39 Å². The molecule has 1 aromatic carbocycles. The van der Waals surface area contributed by atoms with Gasteiger partial charge in [0.15, 0.2) is 0 Å². The standard InChI is InChI=1S/C14H21BrFN/c1-5-8-17-13(14(2,3)4)11-9-10(15)6-7-12(11)16/h6-7,9,13,17H,5,8H2,1-4H3. The van der Waals surface area contributed by atoms with E-state index in [2.05, 4.69) is 48.9 Å². The Bertz CT molecular complexity index is 371. The summed E-state index contributed by atoms with van der Waals surface area (Å²) in [5, 5.41) is 3.43. The van der Waals surface area contributed by atoms with E-state index >= 15 is 0 Å². The lowest BCUT2D eigenvalue weighted by Crippen LogP contribution is -2.33. The zero-order chi connectivity index (χ0) is 13.1. The molecule has 3 heteroatoms. The van der Waals surface area contributed by atoms with Crippen molar-refractivity contribution < 1.29 is 4.39 Å². The molecule has 0 saturated carbocycles. The highest BCUT2D eigenvalue weighted by Crippen LogP contribution is 2.35. The molecule has 0 amide bonds. The first-order valence-electron chi connectivity index (χ1n) is 6.04. The van der Waals surface area contributed by atoms with Gasteiger partial charge in [-0.2, -0.15) is 0 Å². The molecule has 1 atom stereocenters. The Morgan fingerprint density at radius 2 is 2.00 bits per heavy atom. The first-order chi connectivity index (χ1) is 7.86. The number of benzene rings is 1. The van der Waals surface area contributed by atoms with Gasteiger partial charge in [0.25, 0.3) is 0 Å². The van der Waals surface area contributed by atoms with E-state index in [9.17, 15) is 4.39 Å². The number of hydrogen-bond donors (Lipinski definition) is 1. The summed E-state index contributed by atoms with van der Waals surface area (Å²) in [6.45, 7) is 9.39. The van der Waals surface area contributed by atoms with E-state index in [0.717, 1.165) is 23.0 Å². The summed E-state index contributed by atoms with van der Waals surface area (Å²) in [4.78, 5) is 0. The van der Waals surface area contributed by atoms with Crippen LogP contribution in [0.3, 0.4) is 0 Å². The molecule has 1 unspecified atom stereocenters. The van der Waals surface area contributed by atoms with Crippen molar-refractivity contribution in [2.75, 3.05) is 6.54 Å². The number of halogens is 2. The van der Waals surface area contributed by atoms with Gasteiger partial charge in [0, 0.05) is 16.1 Å². The topological polar surface area (TPSA) is 12.0 Å². The summed E-state index contributed by atoms with van der Waals surface area (Å²) in [6.07, 6.45) is 1.04. The largest absolute Gasteiger partial charge is 0.309 e. The fourth-order valence-electron chi connectivity index (χ4n) is 1.91. The number of nitrogens with one attached hydrogen (secondary N) is 1. The van der Waals surface area contributed by atoms with E-state index in [1.807, 2.05) is 6.07 Å². The number of hydrogen-bond acceptors (Lipinski definition) is 1. The summed E-state index contributed by atoms with van der Waals surface area (Å²) in [5.41, 5.74) is 0.719. The van der Waals surface area contributed by atoms with E-state index < -0.39 is 0 Å². The molecular weight excluding hydrogens is 281 g/mol. The normalized spacial score (nSPS) is 13.8. The summed E-state index contributed by atoms with van der Waals surface area (Å²) in [5.74, 6) is -0.142. The Balaban J connectivity index is 3.08. The third-order valence-corrected chi connectivity index (χ3v) is 3.23. The highest BCUT2D eigenvalue weighted by atomic mass is 79.9. The van der Waals surface area contributed by atoms with Gasteiger partial charge in [-0.1, -0.05) is 43.6 Å². The van der Waals surface area contributed by atoms with Crippen molar-refractivity contribution in [3.63, 3.8) is 0 Å². The molecule has 1 nitrogen and oxygen atoms in total. The van der Waals surface area contributed by atoms with E-state index in [4.69, 9.17) is 0 Å². The molecule has 1 N–H and O–H groups in total. The van der Waals surface area contributed by atoms with Crippen molar-refractivity contribution in [3.05, 3.63) is 34.1 Å². The second-order valence-electron chi connectivity index (χ2n) is 5.42. The van der Waals surface area contributed by atoms with Crippen LogP contribution in [0.2, 0.25) is 0 Å². The van der Waals surface area contributed by atoms with Gasteiger partial charge >= 0.3 is 0 Å². The van der Waals surface area contributed by atoms with Crippen molar-refractivity contribution in [3.8, 4) is 0 Å². The lowest BCUT2D eigenvalue weighted by Gasteiger charge is -2.32. The minimum Gasteiger partial charge on any atom is -0.309 e. The summed E-state index contributed by atoms with van der Waals surface area (Å²) in [6, 6.07) is 5.15. The fraction of sp³-hybridized carbons (Fsp3) is 0.571. The quantitative estimate of drug-likeness (QED) is 0.852. The Morgan fingerprint density at radius 3 is 2.53 bits per heavy atom. The van der Waals surface area contributed by atoms with Gasteiger partial charge in [-0.05, 0) is 36.6 Å². The smallest absolute Gasteiger partial charge is 0.128 e. The minimum absolute atomic E-state index is 0.0171. The van der Waals surface area contributed by atoms with Crippen LogP contribution < -0.4 is 5.32 Å². The molecule has 0 fully saturated rings. The molecule has 0 aliphatic heterocycles. The lowest BCUT2D eigenvalue weighted by atomic mass is 9.82. The minimum atomic E-state index is -0.142. The highest BCUT2D eigenvalue weighted by Gasteiger charge is 2.27. The first kappa shape index (κ1) is 14.7. The molecule has 0 aliphatic carbocycles. The average Bonchev–Trinajstić information content (AvgIpc) is 2.21. The van der Waals surface area contributed by atoms with Crippen LogP contribution >= 0.6 is 15.9 Å². The maximum atomic E-state index is 13.9. The second-order valence-corrected chi connectivity index (χ2v) is 6.33. The van der Waals surface area contributed by atoms with Crippen LogP contribution in [0, 0.1) is 11.2 Å².